The molecule has 2 atom stereocenters. The molecule has 1 saturated heterocycles. The van der Waals surface area contributed by atoms with Crippen LogP contribution in [0.4, 0.5) is 0 Å². The van der Waals surface area contributed by atoms with Gasteiger partial charge in [0.2, 0.25) is 0 Å². The van der Waals surface area contributed by atoms with Gasteiger partial charge >= 0.3 is 0 Å². The molecule has 0 aromatic heterocycles. The zero-order valence-electron chi connectivity index (χ0n) is 8.51. The Morgan fingerprint density at radius 3 is 2.13 bits per heavy atom. The van der Waals surface area contributed by atoms with Gasteiger partial charge in [-0.25, -0.2) is 9.78 Å². The molecule has 1 fully saturated rings. The minimum absolute atomic E-state index is 0.0233. The molecule has 2 heteroatoms. The fourth-order valence-electron chi connectivity index (χ4n) is 2.14. The van der Waals surface area contributed by atoms with E-state index in [4.69, 9.17) is 9.78 Å². The Morgan fingerprint density at radius 1 is 1.00 bits per heavy atom. The zero-order chi connectivity index (χ0) is 10.3. The summed E-state index contributed by atoms with van der Waals surface area (Å²) in [6, 6.07) is 10.3. The molecule has 1 aliphatic heterocycles. The minimum atomic E-state index is 0.0233. The number of fused-ring (bicyclic) bond motifs is 2. The summed E-state index contributed by atoms with van der Waals surface area (Å²) in [6.45, 7) is 2.12. The Hall–Kier alpha value is -1.38. The van der Waals surface area contributed by atoms with Crippen LogP contribution in [0.25, 0.3) is 5.57 Å². The van der Waals surface area contributed by atoms with Crippen LogP contribution < -0.4 is 0 Å². The van der Waals surface area contributed by atoms with E-state index in [2.05, 4.69) is 31.2 Å². The molecule has 1 heterocycles. The van der Waals surface area contributed by atoms with Crippen molar-refractivity contribution < 1.29 is 9.78 Å². The summed E-state index contributed by atoms with van der Waals surface area (Å²) in [7, 11) is 0. The van der Waals surface area contributed by atoms with Crippen molar-refractivity contribution >= 4 is 5.57 Å². The summed E-state index contributed by atoms with van der Waals surface area (Å²) >= 11 is 0. The molecule has 0 amide bonds. The van der Waals surface area contributed by atoms with Crippen LogP contribution in [0.15, 0.2) is 48.1 Å². The first-order valence-electron chi connectivity index (χ1n) is 5.13. The first-order chi connectivity index (χ1) is 7.36. The maximum Gasteiger partial charge on any atom is 0.136 e. The predicted molar refractivity (Wildman–Crippen MR) is 57.9 cm³/mol. The molecular formula is C13H12O2. The van der Waals surface area contributed by atoms with E-state index in [-0.39, 0.29) is 12.2 Å². The summed E-state index contributed by atoms with van der Waals surface area (Å²) in [5.41, 5.74) is 3.73. The Balaban J connectivity index is 2.05. The van der Waals surface area contributed by atoms with E-state index < -0.39 is 0 Å². The third-order valence-corrected chi connectivity index (χ3v) is 2.98. The van der Waals surface area contributed by atoms with Gasteiger partial charge in [-0.3, -0.25) is 0 Å². The Morgan fingerprint density at radius 2 is 1.60 bits per heavy atom. The summed E-state index contributed by atoms with van der Waals surface area (Å²) < 4.78 is 0. The Labute approximate surface area is 88.8 Å². The first kappa shape index (κ1) is 8.89. The number of allylic oxidation sites excluding steroid dienone is 1. The van der Waals surface area contributed by atoms with Gasteiger partial charge < -0.3 is 0 Å². The van der Waals surface area contributed by atoms with E-state index >= 15 is 0 Å². The molecular weight excluding hydrogens is 188 g/mol. The number of hydrogen-bond donors (Lipinski definition) is 0. The maximum absolute atomic E-state index is 5.16. The lowest BCUT2D eigenvalue weighted by Crippen LogP contribution is -2.03. The van der Waals surface area contributed by atoms with Crippen LogP contribution in [-0.4, -0.2) is 12.2 Å². The van der Waals surface area contributed by atoms with Crippen LogP contribution in [0.5, 0.6) is 0 Å². The SMILES string of the molecule is CC(=C1C2C=CC1OO2)c1ccccc1. The highest BCUT2D eigenvalue weighted by Gasteiger charge is 2.36. The first-order valence-corrected chi connectivity index (χ1v) is 5.13. The maximum atomic E-state index is 5.16. The third kappa shape index (κ3) is 1.34. The van der Waals surface area contributed by atoms with E-state index in [0.29, 0.717) is 0 Å². The molecule has 0 radical (unpaired) electrons. The van der Waals surface area contributed by atoms with Gasteiger partial charge in [-0.15, -0.1) is 0 Å². The van der Waals surface area contributed by atoms with Crippen molar-refractivity contribution in [3.05, 3.63) is 53.6 Å². The van der Waals surface area contributed by atoms with Crippen molar-refractivity contribution in [3.63, 3.8) is 0 Å². The van der Waals surface area contributed by atoms with E-state index in [0.717, 1.165) is 0 Å². The number of benzene rings is 1. The molecule has 76 valence electrons. The molecule has 1 aliphatic carbocycles. The number of hydrogen-bond acceptors (Lipinski definition) is 2. The highest BCUT2D eigenvalue weighted by Crippen LogP contribution is 2.36. The molecule has 2 aliphatic rings. The van der Waals surface area contributed by atoms with Gasteiger partial charge in [0.05, 0.1) is 0 Å². The molecule has 0 N–H and O–H groups in total. The molecule has 2 nitrogen and oxygen atoms in total. The van der Waals surface area contributed by atoms with Crippen LogP contribution in [0.2, 0.25) is 0 Å². The average Bonchev–Trinajstić information content (AvgIpc) is 2.89. The highest BCUT2D eigenvalue weighted by molar-refractivity contribution is 5.70. The zero-order valence-corrected chi connectivity index (χ0v) is 8.51. The quantitative estimate of drug-likeness (QED) is 0.512. The van der Waals surface area contributed by atoms with Crippen molar-refractivity contribution in [2.24, 2.45) is 0 Å². The van der Waals surface area contributed by atoms with Gasteiger partial charge in [-0.1, -0.05) is 30.3 Å². The second-order valence-corrected chi connectivity index (χ2v) is 3.86. The summed E-state index contributed by atoms with van der Waals surface area (Å²) in [6.07, 6.45) is 4.15. The topological polar surface area (TPSA) is 18.5 Å². The Kier molecular flexibility index (Phi) is 1.97. The molecule has 0 spiro atoms. The molecule has 3 rings (SSSR count). The van der Waals surface area contributed by atoms with Gasteiger partial charge in [0.15, 0.2) is 0 Å². The van der Waals surface area contributed by atoms with E-state index in [1.165, 1.54) is 16.7 Å². The summed E-state index contributed by atoms with van der Waals surface area (Å²) in [5, 5.41) is 0. The predicted octanol–water partition coefficient (Wildman–Crippen LogP) is 2.73. The van der Waals surface area contributed by atoms with Crippen LogP contribution in [0.1, 0.15) is 12.5 Å². The van der Waals surface area contributed by atoms with Crippen LogP contribution in [0, 0.1) is 0 Å². The largest absolute Gasteiger partial charge is 0.224 e. The summed E-state index contributed by atoms with van der Waals surface area (Å²) in [5.74, 6) is 0. The van der Waals surface area contributed by atoms with Crippen LogP contribution in [-0.2, 0) is 9.78 Å². The molecule has 1 aromatic rings. The van der Waals surface area contributed by atoms with Crippen molar-refractivity contribution in [1.29, 1.82) is 0 Å². The van der Waals surface area contributed by atoms with Crippen molar-refractivity contribution in [2.45, 2.75) is 19.1 Å². The van der Waals surface area contributed by atoms with Gasteiger partial charge in [0.1, 0.15) is 12.2 Å². The van der Waals surface area contributed by atoms with Crippen LogP contribution in [0.3, 0.4) is 0 Å². The van der Waals surface area contributed by atoms with Crippen LogP contribution >= 0.6 is 0 Å². The smallest absolute Gasteiger partial charge is 0.136 e. The van der Waals surface area contributed by atoms with Gasteiger partial charge in [0.25, 0.3) is 0 Å². The summed E-state index contributed by atoms with van der Waals surface area (Å²) in [4.78, 5) is 10.3. The molecule has 1 aromatic carbocycles. The number of rotatable bonds is 1. The average molecular weight is 200 g/mol. The fraction of sp³-hybridized carbons (Fsp3) is 0.231. The van der Waals surface area contributed by atoms with Crippen molar-refractivity contribution in [3.8, 4) is 0 Å². The second-order valence-electron chi connectivity index (χ2n) is 3.86. The minimum Gasteiger partial charge on any atom is -0.224 e. The van der Waals surface area contributed by atoms with Gasteiger partial charge in [-0.05, 0) is 30.2 Å². The monoisotopic (exact) mass is 200 g/mol. The third-order valence-electron chi connectivity index (χ3n) is 2.98. The molecule has 0 saturated carbocycles. The molecule has 2 unspecified atom stereocenters. The lowest BCUT2D eigenvalue weighted by atomic mass is 9.98. The second kappa shape index (κ2) is 3.33. The van der Waals surface area contributed by atoms with E-state index in [1.807, 2.05) is 18.2 Å². The van der Waals surface area contributed by atoms with Crippen molar-refractivity contribution in [1.82, 2.24) is 0 Å². The Bertz CT molecular complexity index is 415. The van der Waals surface area contributed by atoms with Crippen molar-refractivity contribution in [2.75, 3.05) is 0 Å². The molecule has 2 bridgehead atoms. The molecule has 15 heavy (non-hydrogen) atoms. The standard InChI is InChI=1S/C13H12O2/c1-9(10-5-3-2-4-6-10)13-11-7-8-12(13)15-14-11/h2-8,11-12H,1H3. The van der Waals surface area contributed by atoms with E-state index in [1.54, 1.807) is 0 Å². The van der Waals surface area contributed by atoms with Gasteiger partial charge in [0, 0.05) is 5.57 Å². The highest BCUT2D eigenvalue weighted by atomic mass is 17.2. The fourth-order valence-corrected chi connectivity index (χ4v) is 2.14. The normalized spacial score (nSPS) is 27.4. The lowest BCUT2D eigenvalue weighted by molar-refractivity contribution is -0.286. The van der Waals surface area contributed by atoms with Gasteiger partial charge in [-0.2, -0.15) is 0 Å². The van der Waals surface area contributed by atoms with E-state index in [9.17, 15) is 0 Å². The lowest BCUT2D eigenvalue weighted by Gasteiger charge is -2.07.